The molecule has 0 aromatic carbocycles. The molecule has 0 saturated heterocycles. The maximum absolute atomic E-state index is 11.8. The Bertz CT molecular complexity index is 266. The van der Waals surface area contributed by atoms with Gasteiger partial charge in [0, 0.05) is 11.8 Å². The van der Waals surface area contributed by atoms with Crippen LogP contribution in [0.25, 0.3) is 6.08 Å². The van der Waals surface area contributed by atoms with Crippen molar-refractivity contribution < 1.29 is 8.78 Å². The molecule has 0 saturated carbocycles. The summed E-state index contributed by atoms with van der Waals surface area (Å²) < 4.78 is 24.9. The van der Waals surface area contributed by atoms with Gasteiger partial charge in [-0.1, -0.05) is 12.2 Å². The Morgan fingerprint density at radius 1 is 1.67 bits per heavy atom. The summed E-state index contributed by atoms with van der Waals surface area (Å²) in [6.07, 6.45) is 4.45. The molecule has 0 aliphatic heterocycles. The molecule has 1 aromatic rings. The van der Waals surface area contributed by atoms with Gasteiger partial charge in [0.05, 0.1) is 6.20 Å². The van der Waals surface area contributed by atoms with Crippen molar-refractivity contribution in [1.82, 2.24) is 9.78 Å². The minimum Gasteiger partial charge on any atom is -0.266 e. The fraction of sp³-hybridized carbons (Fsp3) is 0.375. The third kappa shape index (κ3) is 2.45. The van der Waals surface area contributed by atoms with Gasteiger partial charge in [-0.05, 0) is 6.92 Å². The molecule has 1 rings (SSSR count). The first-order valence-electron chi connectivity index (χ1n) is 3.65. The van der Waals surface area contributed by atoms with Crippen molar-refractivity contribution in [1.29, 1.82) is 0 Å². The van der Waals surface area contributed by atoms with Crippen molar-refractivity contribution >= 4 is 6.08 Å². The smallest absolute Gasteiger partial charge is 0.257 e. The highest BCUT2D eigenvalue weighted by Crippen LogP contribution is 2.03. The highest BCUT2D eigenvalue weighted by molar-refractivity contribution is 5.45. The van der Waals surface area contributed by atoms with Crippen LogP contribution in [-0.2, 0) is 6.54 Å². The van der Waals surface area contributed by atoms with Crippen molar-refractivity contribution in [3.8, 4) is 0 Å². The molecule has 2 nitrogen and oxygen atoms in total. The predicted molar refractivity (Wildman–Crippen MR) is 42.9 cm³/mol. The zero-order chi connectivity index (χ0) is 8.97. The van der Waals surface area contributed by atoms with Gasteiger partial charge in [0.15, 0.2) is 0 Å². The summed E-state index contributed by atoms with van der Waals surface area (Å²) in [5.41, 5.74) is 0.846. The molecule has 0 spiro atoms. The number of aromatic nitrogens is 2. The molecule has 1 aromatic heterocycles. The number of alkyl halides is 2. The Labute approximate surface area is 69.5 Å². The van der Waals surface area contributed by atoms with Gasteiger partial charge in [0.2, 0.25) is 0 Å². The van der Waals surface area contributed by atoms with E-state index in [-0.39, 0.29) is 6.54 Å². The normalized spacial score (nSPS) is 11.7. The van der Waals surface area contributed by atoms with Crippen LogP contribution in [0.1, 0.15) is 12.5 Å². The van der Waals surface area contributed by atoms with Crippen molar-refractivity contribution in [3.63, 3.8) is 0 Å². The lowest BCUT2D eigenvalue weighted by atomic mass is 10.3. The highest BCUT2D eigenvalue weighted by atomic mass is 19.3. The molecule has 4 heteroatoms. The van der Waals surface area contributed by atoms with E-state index >= 15 is 0 Å². The molecular weight excluding hydrogens is 162 g/mol. The van der Waals surface area contributed by atoms with Crippen molar-refractivity contribution in [3.05, 3.63) is 24.0 Å². The van der Waals surface area contributed by atoms with Gasteiger partial charge >= 0.3 is 0 Å². The molecule has 66 valence electrons. The first kappa shape index (κ1) is 8.90. The van der Waals surface area contributed by atoms with E-state index in [9.17, 15) is 8.78 Å². The van der Waals surface area contributed by atoms with Gasteiger partial charge in [-0.15, -0.1) is 0 Å². The molecule has 0 unspecified atom stereocenters. The second-order valence-electron chi connectivity index (χ2n) is 2.39. The number of hydrogen-bond donors (Lipinski definition) is 0. The summed E-state index contributed by atoms with van der Waals surface area (Å²) in [5, 5.41) is 3.76. The molecule has 1 heterocycles. The van der Waals surface area contributed by atoms with Crippen LogP contribution in [0.3, 0.4) is 0 Å². The summed E-state index contributed by atoms with van der Waals surface area (Å²) in [6, 6.07) is 0. The van der Waals surface area contributed by atoms with Crippen LogP contribution in [0.5, 0.6) is 0 Å². The van der Waals surface area contributed by atoms with Crippen molar-refractivity contribution in [2.24, 2.45) is 0 Å². The third-order valence-electron chi connectivity index (χ3n) is 1.34. The largest absolute Gasteiger partial charge is 0.266 e. The molecule has 0 bridgehead atoms. The molecule has 0 amide bonds. The van der Waals surface area contributed by atoms with Crippen LogP contribution in [-0.4, -0.2) is 16.2 Å². The minimum atomic E-state index is -2.34. The van der Waals surface area contributed by atoms with Gasteiger partial charge in [-0.25, -0.2) is 8.78 Å². The SMILES string of the molecule is C/C=C/c1cnn(CC(F)F)c1. The molecule has 0 atom stereocenters. The molecule has 0 N–H and O–H groups in total. The van der Waals surface area contributed by atoms with E-state index in [1.54, 1.807) is 12.4 Å². The second-order valence-corrected chi connectivity index (χ2v) is 2.39. The average molecular weight is 172 g/mol. The molecule has 12 heavy (non-hydrogen) atoms. The zero-order valence-corrected chi connectivity index (χ0v) is 6.74. The number of rotatable bonds is 3. The van der Waals surface area contributed by atoms with Gasteiger partial charge < -0.3 is 0 Å². The number of nitrogens with zero attached hydrogens (tertiary/aromatic N) is 2. The van der Waals surface area contributed by atoms with Crippen LogP contribution in [0.4, 0.5) is 8.78 Å². The monoisotopic (exact) mass is 172 g/mol. The Morgan fingerprint density at radius 3 is 3.00 bits per heavy atom. The molecule has 0 radical (unpaired) electrons. The van der Waals surface area contributed by atoms with E-state index in [2.05, 4.69) is 5.10 Å². The maximum Gasteiger partial charge on any atom is 0.257 e. The number of allylic oxidation sites excluding steroid dienone is 1. The van der Waals surface area contributed by atoms with Gasteiger partial charge in [0.25, 0.3) is 6.43 Å². The molecule has 0 aliphatic carbocycles. The van der Waals surface area contributed by atoms with E-state index < -0.39 is 6.43 Å². The fourth-order valence-corrected chi connectivity index (χ4v) is 0.899. The van der Waals surface area contributed by atoms with Crippen molar-refractivity contribution in [2.75, 3.05) is 0 Å². The first-order valence-corrected chi connectivity index (χ1v) is 3.65. The van der Waals surface area contributed by atoms with E-state index in [0.717, 1.165) is 5.56 Å². The van der Waals surface area contributed by atoms with E-state index in [0.29, 0.717) is 0 Å². The first-order chi connectivity index (χ1) is 5.72. The highest BCUT2D eigenvalue weighted by Gasteiger charge is 2.03. The predicted octanol–water partition coefficient (Wildman–Crippen LogP) is 2.18. The standard InChI is InChI=1S/C8H10F2N2/c1-2-3-7-4-11-12(5-7)6-8(9)10/h2-5,8H,6H2,1H3/b3-2+. The second kappa shape index (κ2) is 3.99. The lowest BCUT2D eigenvalue weighted by Crippen LogP contribution is -2.06. The Hall–Kier alpha value is -1.19. The topological polar surface area (TPSA) is 17.8 Å². The van der Waals surface area contributed by atoms with Gasteiger partial charge in [-0.3, -0.25) is 4.68 Å². The quantitative estimate of drug-likeness (QED) is 0.683. The average Bonchev–Trinajstić information content (AvgIpc) is 2.36. The molecule has 0 aliphatic rings. The minimum absolute atomic E-state index is 0.336. The number of hydrogen-bond acceptors (Lipinski definition) is 1. The lowest BCUT2D eigenvalue weighted by molar-refractivity contribution is 0.122. The van der Waals surface area contributed by atoms with Crippen LogP contribution in [0.15, 0.2) is 18.5 Å². The summed E-state index contributed by atoms with van der Waals surface area (Å²) in [5.74, 6) is 0. The van der Waals surface area contributed by atoms with E-state index in [4.69, 9.17) is 0 Å². The third-order valence-corrected chi connectivity index (χ3v) is 1.34. The molecular formula is C8H10F2N2. The fourth-order valence-electron chi connectivity index (χ4n) is 0.899. The summed E-state index contributed by atoms with van der Waals surface area (Å²) in [6.45, 7) is 1.53. The van der Waals surface area contributed by atoms with Gasteiger partial charge in [0.1, 0.15) is 6.54 Å². The van der Waals surface area contributed by atoms with E-state index in [1.807, 2.05) is 19.1 Å². The van der Waals surface area contributed by atoms with Crippen LogP contribution < -0.4 is 0 Å². The van der Waals surface area contributed by atoms with Crippen LogP contribution in [0, 0.1) is 0 Å². The van der Waals surface area contributed by atoms with Crippen LogP contribution >= 0.6 is 0 Å². The van der Waals surface area contributed by atoms with Crippen LogP contribution in [0.2, 0.25) is 0 Å². The molecule has 0 fully saturated rings. The Kier molecular flexibility index (Phi) is 2.96. The summed E-state index contributed by atoms with van der Waals surface area (Å²) in [7, 11) is 0. The van der Waals surface area contributed by atoms with E-state index in [1.165, 1.54) is 4.68 Å². The maximum atomic E-state index is 11.8. The lowest BCUT2D eigenvalue weighted by Gasteiger charge is -1.97. The van der Waals surface area contributed by atoms with Gasteiger partial charge in [-0.2, -0.15) is 5.10 Å². The summed E-state index contributed by atoms with van der Waals surface area (Å²) in [4.78, 5) is 0. The van der Waals surface area contributed by atoms with Crippen molar-refractivity contribution in [2.45, 2.75) is 19.9 Å². The summed E-state index contributed by atoms with van der Waals surface area (Å²) >= 11 is 0. The Morgan fingerprint density at radius 2 is 2.42 bits per heavy atom. The number of halogens is 2. The Balaban J connectivity index is 2.64. The zero-order valence-electron chi connectivity index (χ0n) is 6.74.